The largest absolute Gasteiger partial charge is 0.384 e. The molecule has 1 aromatic carbocycles. The highest BCUT2D eigenvalue weighted by atomic mass is 79.9. The molecule has 0 aliphatic rings. The molecule has 0 bridgehead atoms. The smallest absolute Gasteiger partial charge is 0.0351 e. The van der Waals surface area contributed by atoms with Crippen molar-refractivity contribution in [1.29, 1.82) is 0 Å². The maximum atomic E-state index is 3.47. The quantitative estimate of drug-likeness (QED) is 0.736. The second kappa shape index (κ2) is 8.02. The summed E-state index contributed by atoms with van der Waals surface area (Å²) >= 11 is 5.50. The molecule has 0 fully saturated rings. The minimum atomic E-state index is 0.825. The maximum absolute atomic E-state index is 3.47. The molecule has 0 saturated carbocycles. The fourth-order valence-corrected chi connectivity index (χ4v) is 2.77. The van der Waals surface area contributed by atoms with Gasteiger partial charge < -0.3 is 5.32 Å². The van der Waals surface area contributed by atoms with Crippen molar-refractivity contribution in [3.05, 3.63) is 28.7 Å². The number of nitrogens with one attached hydrogen (secondary N) is 1. The minimum Gasteiger partial charge on any atom is -0.384 e. The van der Waals surface area contributed by atoms with Gasteiger partial charge >= 0.3 is 0 Å². The molecule has 0 saturated heterocycles. The van der Waals surface area contributed by atoms with Gasteiger partial charge in [0.25, 0.3) is 0 Å². The van der Waals surface area contributed by atoms with Gasteiger partial charge in [-0.3, -0.25) is 0 Å². The van der Waals surface area contributed by atoms with Crippen LogP contribution in [0.1, 0.15) is 20.3 Å². The second-order valence-corrected chi connectivity index (χ2v) is 6.37. The van der Waals surface area contributed by atoms with E-state index in [0.717, 1.165) is 16.9 Å². The van der Waals surface area contributed by atoms with Gasteiger partial charge in [-0.15, -0.1) is 0 Å². The van der Waals surface area contributed by atoms with E-state index in [4.69, 9.17) is 0 Å². The first-order chi connectivity index (χ1) is 7.68. The lowest BCUT2D eigenvalue weighted by molar-refractivity contribution is 0.632. The van der Waals surface area contributed by atoms with E-state index in [2.05, 4.69) is 53.3 Å². The highest BCUT2D eigenvalue weighted by molar-refractivity contribution is 9.10. The van der Waals surface area contributed by atoms with Gasteiger partial charge in [0.1, 0.15) is 0 Å². The Morgan fingerprint density at radius 1 is 1.31 bits per heavy atom. The molecule has 0 unspecified atom stereocenters. The number of halogens is 1. The molecule has 1 rings (SSSR count). The predicted octanol–water partition coefficient (Wildman–Crippen LogP) is 4.64. The van der Waals surface area contributed by atoms with Crippen LogP contribution in [0, 0.1) is 5.92 Å². The van der Waals surface area contributed by atoms with Crippen LogP contribution in [0.3, 0.4) is 0 Å². The fraction of sp³-hybridized carbons (Fsp3) is 0.538. The van der Waals surface area contributed by atoms with Gasteiger partial charge in [0.2, 0.25) is 0 Å². The van der Waals surface area contributed by atoms with Crippen LogP contribution in [-0.4, -0.2) is 18.1 Å². The van der Waals surface area contributed by atoms with Gasteiger partial charge in [-0.25, -0.2) is 0 Å². The fourth-order valence-electron chi connectivity index (χ4n) is 1.29. The Hall–Kier alpha value is -0.150. The number of anilines is 1. The molecule has 16 heavy (non-hydrogen) atoms. The van der Waals surface area contributed by atoms with Crippen LogP contribution in [0.25, 0.3) is 0 Å². The first-order valence-corrected chi connectivity index (χ1v) is 7.70. The molecule has 0 atom stereocenters. The number of rotatable bonds is 7. The van der Waals surface area contributed by atoms with E-state index in [9.17, 15) is 0 Å². The zero-order valence-electron chi connectivity index (χ0n) is 10.0. The first-order valence-electron chi connectivity index (χ1n) is 5.75. The average Bonchev–Trinajstić information content (AvgIpc) is 2.23. The summed E-state index contributed by atoms with van der Waals surface area (Å²) in [6, 6.07) is 8.31. The average molecular weight is 302 g/mol. The van der Waals surface area contributed by atoms with Gasteiger partial charge in [-0.2, -0.15) is 11.8 Å². The van der Waals surface area contributed by atoms with Crippen molar-refractivity contribution in [2.75, 3.05) is 23.4 Å². The molecule has 0 aromatic heterocycles. The number of benzene rings is 1. The van der Waals surface area contributed by atoms with Crippen molar-refractivity contribution >= 4 is 33.4 Å². The third-order valence-electron chi connectivity index (χ3n) is 2.24. The number of hydrogen-bond acceptors (Lipinski definition) is 2. The minimum absolute atomic E-state index is 0.825. The third-order valence-corrected chi connectivity index (χ3v) is 3.75. The highest BCUT2D eigenvalue weighted by Gasteiger charge is 1.95. The van der Waals surface area contributed by atoms with Crippen molar-refractivity contribution in [1.82, 2.24) is 0 Å². The molecule has 1 nitrogen and oxygen atoms in total. The molecule has 0 amide bonds. The lowest BCUT2D eigenvalue weighted by atomic mass is 10.2. The predicted molar refractivity (Wildman–Crippen MR) is 79.4 cm³/mol. The van der Waals surface area contributed by atoms with Crippen molar-refractivity contribution in [3.8, 4) is 0 Å². The molecule has 0 spiro atoms. The topological polar surface area (TPSA) is 12.0 Å². The van der Waals surface area contributed by atoms with E-state index >= 15 is 0 Å². The highest BCUT2D eigenvalue weighted by Crippen LogP contribution is 2.15. The van der Waals surface area contributed by atoms with Gasteiger partial charge in [0, 0.05) is 22.5 Å². The summed E-state index contributed by atoms with van der Waals surface area (Å²) < 4.78 is 1.13. The summed E-state index contributed by atoms with van der Waals surface area (Å²) in [4.78, 5) is 0. The Bertz CT molecular complexity index is 302. The Balaban J connectivity index is 2.07. The SMILES string of the molecule is CC(C)CCSCCNc1cccc(Br)c1. The Labute approximate surface area is 112 Å². The summed E-state index contributed by atoms with van der Waals surface area (Å²) in [5, 5.41) is 3.42. The van der Waals surface area contributed by atoms with Crippen molar-refractivity contribution in [2.24, 2.45) is 5.92 Å². The van der Waals surface area contributed by atoms with E-state index in [-0.39, 0.29) is 0 Å². The summed E-state index contributed by atoms with van der Waals surface area (Å²) in [5.41, 5.74) is 1.19. The molecule has 1 N–H and O–H groups in total. The van der Waals surface area contributed by atoms with Crippen LogP contribution < -0.4 is 5.32 Å². The zero-order valence-corrected chi connectivity index (χ0v) is 12.4. The van der Waals surface area contributed by atoms with Crippen LogP contribution in [-0.2, 0) is 0 Å². The molecular formula is C13H20BrNS. The Kier molecular flexibility index (Phi) is 6.97. The van der Waals surface area contributed by atoms with Crippen LogP contribution in [0.5, 0.6) is 0 Å². The number of thioether (sulfide) groups is 1. The molecule has 0 heterocycles. The van der Waals surface area contributed by atoms with Gasteiger partial charge in [-0.05, 0) is 36.3 Å². The first kappa shape index (κ1) is 13.9. The van der Waals surface area contributed by atoms with E-state index in [0.29, 0.717) is 0 Å². The molecule has 1 aromatic rings. The van der Waals surface area contributed by atoms with Crippen molar-refractivity contribution in [2.45, 2.75) is 20.3 Å². The summed E-state index contributed by atoms with van der Waals surface area (Å²) in [6.07, 6.45) is 1.32. The maximum Gasteiger partial charge on any atom is 0.0351 e. The van der Waals surface area contributed by atoms with Crippen LogP contribution >= 0.6 is 27.7 Å². The van der Waals surface area contributed by atoms with Gasteiger partial charge in [-0.1, -0.05) is 35.8 Å². The second-order valence-electron chi connectivity index (χ2n) is 4.23. The Morgan fingerprint density at radius 3 is 2.81 bits per heavy atom. The number of hydrogen-bond donors (Lipinski definition) is 1. The van der Waals surface area contributed by atoms with Gasteiger partial charge in [0.15, 0.2) is 0 Å². The van der Waals surface area contributed by atoms with E-state index < -0.39 is 0 Å². The van der Waals surface area contributed by atoms with Crippen LogP contribution in [0.2, 0.25) is 0 Å². The molecule has 0 aliphatic carbocycles. The molecule has 3 heteroatoms. The standard InChI is InChI=1S/C13H20BrNS/c1-11(2)6-8-16-9-7-15-13-5-3-4-12(14)10-13/h3-5,10-11,15H,6-9H2,1-2H3. The van der Waals surface area contributed by atoms with Crippen LogP contribution in [0.4, 0.5) is 5.69 Å². The van der Waals surface area contributed by atoms with E-state index in [1.165, 1.54) is 23.6 Å². The normalized spacial score (nSPS) is 10.8. The Morgan fingerprint density at radius 2 is 2.12 bits per heavy atom. The van der Waals surface area contributed by atoms with Gasteiger partial charge in [0.05, 0.1) is 0 Å². The summed E-state index contributed by atoms with van der Waals surface area (Å²) in [5.74, 6) is 3.28. The third kappa shape index (κ3) is 6.44. The van der Waals surface area contributed by atoms with Crippen molar-refractivity contribution in [3.63, 3.8) is 0 Å². The molecule has 0 aliphatic heterocycles. The molecular weight excluding hydrogens is 282 g/mol. The zero-order chi connectivity index (χ0) is 11.8. The van der Waals surface area contributed by atoms with Crippen LogP contribution in [0.15, 0.2) is 28.7 Å². The summed E-state index contributed by atoms with van der Waals surface area (Å²) in [6.45, 7) is 5.60. The molecule has 90 valence electrons. The van der Waals surface area contributed by atoms with E-state index in [1.54, 1.807) is 0 Å². The monoisotopic (exact) mass is 301 g/mol. The molecule has 0 radical (unpaired) electrons. The summed E-state index contributed by atoms with van der Waals surface area (Å²) in [7, 11) is 0. The van der Waals surface area contributed by atoms with Crippen molar-refractivity contribution < 1.29 is 0 Å². The van der Waals surface area contributed by atoms with E-state index in [1.807, 2.05) is 17.8 Å². The lowest BCUT2D eigenvalue weighted by Crippen LogP contribution is -2.04. The lowest BCUT2D eigenvalue weighted by Gasteiger charge is -2.07.